The highest BCUT2D eigenvalue weighted by Gasteiger charge is 2.64. The lowest BCUT2D eigenvalue weighted by Crippen LogP contribution is -2.50. The second-order valence-corrected chi connectivity index (χ2v) is 7.49. The maximum absolute atomic E-state index is 11.6. The van der Waals surface area contributed by atoms with Crippen LogP contribution in [0.3, 0.4) is 0 Å². The molecule has 0 aromatic carbocycles. The Morgan fingerprint density at radius 2 is 2.39 bits per heavy atom. The number of ether oxygens (including phenoxy) is 3. The second-order valence-electron chi connectivity index (χ2n) is 5.74. The van der Waals surface area contributed by atoms with Crippen LogP contribution in [0.25, 0.3) is 0 Å². The number of carbonyl (C=O) groups excluding carboxylic acids is 1. The Balaban J connectivity index is 1.88. The first-order chi connectivity index (χ1) is 10.8. The lowest BCUT2D eigenvalue weighted by atomic mass is 10.0. The highest BCUT2D eigenvalue weighted by Crippen LogP contribution is 2.49. The van der Waals surface area contributed by atoms with Crippen molar-refractivity contribution in [1.82, 2.24) is 10.2 Å². The molecule has 0 radical (unpaired) electrons. The molecule has 3 rings (SSSR count). The Hall–Kier alpha value is -1.22. The van der Waals surface area contributed by atoms with Gasteiger partial charge in [0.1, 0.15) is 31.2 Å². The molecule has 128 valence electrons. The van der Waals surface area contributed by atoms with E-state index < -0.39 is 31.6 Å². The first-order valence-electron chi connectivity index (χ1n) is 6.97. The van der Waals surface area contributed by atoms with Gasteiger partial charge in [-0.05, 0) is 0 Å². The average molecular weight is 345 g/mol. The molecule has 9 nitrogen and oxygen atoms in total. The van der Waals surface area contributed by atoms with E-state index in [-0.39, 0.29) is 19.1 Å². The SMILES string of the molecule is C=C1NC(=O)C=CN1[C@@H]1O[C@@]2(COC)COC1[C@H]2OP(C)(=O)[O-]. The Morgan fingerprint density at radius 1 is 1.65 bits per heavy atom. The number of carbonyl (C=O) groups is 1. The molecule has 0 aromatic rings. The zero-order valence-corrected chi connectivity index (χ0v) is 13.7. The third-order valence-electron chi connectivity index (χ3n) is 3.91. The minimum Gasteiger partial charge on any atom is -0.779 e. The molecule has 2 bridgehead atoms. The third kappa shape index (κ3) is 2.96. The molecule has 23 heavy (non-hydrogen) atoms. The van der Waals surface area contributed by atoms with Crippen molar-refractivity contribution >= 4 is 13.5 Å². The molecule has 5 atom stereocenters. The number of rotatable bonds is 5. The summed E-state index contributed by atoms with van der Waals surface area (Å²) in [5.41, 5.74) is -1.03. The zero-order chi connectivity index (χ0) is 16.8. The van der Waals surface area contributed by atoms with Gasteiger partial charge in [0.05, 0.1) is 13.2 Å². The third-order valence-corrected chi connectivity index (χ3v) is 4.52. The molecular formula is C13H18N2O7P-. The largest absolute Gasteiger partial charge is 0.779 e. The summed E-state index contributed by atoms with van der Waals surface area (Å²) in [7, 11) is -2.52. The maximum atomic E-state index is 11.6. The molecule has 10 heteroatoms. The van der Waals surface area contributed by atoms with Crippen LogP contribution in [0.1, 0.15) is 0 Å². The summed E-state index contributed by atoms with van der Waals surface area (Å²) in [5.74, 6) is 0.0131. The molecule has 1 N–H and O–H groups in total. The molecule has 3 aliphatic heterocycles. The first-order valence-corrected chi connectivity index (χ1v) is 8.96. The van der Waals surface area contributed by atoms with Gasteiger partial charge >= 0.3 is 0 Å². The van der Waals surface area contributed by atoms with Crippen molar-refractivity contribution in [3.05, 3.63) is 24.7 Å². The van der Waals surface area contributed by atoms with Gasteiger partial charge in [0.25, 0.3) is 5.91 Å². The van der Waals surface area contributed by atoms with Crippen LogP contribution in [0, 0.1) is 0 Å². The fraction of sp³-hybridized carbons (Fsp3) is 0.615. The molecule has 2 unspecified atom stereocenters. The molecular weight excluding hydrogens is 327 g/mol. The molecule has 3 aliphatic rings. The number of nitrogens with zero attached hydrogens (tertiary/aromatic N) is 1. The van der Waals surface area contributed by atoms with Crippen molar-refractivity contribution in [2.24, 2.45) is 0 Å². The minimum absolute atomic E-state index is 0.112. The van der Waals surface area contributed by atoms with E-state index in [0.29, 0.717) is 5.82 Å². The number of amides is 1. The summed E-state index contributed by atoms with van der Waals surface area (Å²) < 4.78 is 33.7. The highest BCUT2D eigenvalue weighted by molar-refractivity contribution is 7.50. The van der Waals surface area contributed by atoms with Gasteiger partial charge in [-0.3, -0.25) is 4.79 Å². The van der Waals surface area contributed by atoms with Crippen molar-refractivity contribution in [3.8, 4) is 0 Å². The van der Waals surface area contributed by atoms with Gasteiger partial charge in [0, 0.05) is 26.1 Å². The maximum Gasteiger partial charge on any atom is 0.250 e. The molecule has 0 aromatic heterocycles. The summed E-state index contributed by atoms with van der Waals surface area (Å²) in [6.45, 7) is 5.03. The van der Waals surface area contributed by atoms with E-state index in [4.69, 9.17) is 18.7 Å². The van der Waals surface area contributed by atoms with Crippen LogP contribution in [0.15, 0.2) is 24.7 Å². The van der Waals surface area contributed by atoms with E-state index in [0.717, 1.165) is 6.66 Å². The van der Waals surface area contributed by atoms with Crippen LogP contribution in [-0.2, 0) is 28.1 Å². The van der Waals surface area contributed by atoms with Crippen molar-refractivity contribution in [2.75, 3.05) is 27.0 Å². The van der Waals surface area contributed by atoms with Crippen LogP contribution in [-0.4, -0.2) is 61.8 Å². The fourth-order valence-corrected chi connectivity index (χ4v) is 3.78. The number of hydrogen-bond donors (Lipinski definition) is 1. The summed E-state index contributed by atoms with van der Waals surface area (Å²) in [5, 5.41) is 2.55. The first kappa shape index (κ1) is 16.6. The topological polar surface area (TPSA) is 109 Å². The second kappa shape index (κ2) is 5.70. The lowest BCUT2D eigenvalue weighted by Gasteiger charge is -2.37. The van der Waals surface area contributed by atoms with Gasteiger partial charge in [-0.2, -0.15) is 0 Å². The quantitative estimate of drug-likeness (QED) is 0.639. The highest BCUT2D eigenvalue weighted by atomic mass is 31.2. The summed E-state index contributed by atoms with van der Waals surface area (Å²) in [6, 6.07) is 0. The fourth-order valence-electron chi connectivity index (χ4n) is 3.05. The van der Waals surface area contributed by atoms with E-state index in [1.807, 2.05) is 0 Å². The van der Waals surface area contributed by atoms with Gasteiger partial charge in [-0.1, -0.05) is 6.58 Å². The van der Waals surface area contributed by atoms with E-state index >= 15 is 0 Å². The zero-order valence-electron chi connectivity index (χ0n) is 12.8. The lowest BCUT2D eigenvalue weighted by molar-refractivity contribution is -0.209. The molecule has 2 fully saturated rings. The number of nitrogens with one attached hydrogen (secondary N) is 1. The molecule has 2 saturated heterocycles. The van der Waals surface area contributed by atoms with Crippen LogP contribution < -0.4 is 10.2 Å². The molecule has 1 amide bonds. The van der Waals surface area contributed by atoms with Crippen LogP contribution in [0.5, 0.6) is 0 Å². The summed E-state index contributed by atoms with van der Waals surface area (Å²) >= 11 is 0. The Morgan fingerprint density at radius 3 is 3.00 bits per heavy atom. The van der Waals surface area contributed by atoms with Crippen molar-refractivity contribution in [1.29, 1.82) is 0 Å². The van der Waals surface area contributed by atoms with E-state index in [1.54, 1.807) is 4.90 Å². The number of hydrogen-bond acceptors (Lipinski definition) is 8. The Kier molecular flexibility index (Phi) is 4.12. The predicted octanol–water partition coefficient (Wildman–Crippen LogP) is -0.888. The number of methoxy groups -OCH3 is 1. The van der Waals surface area contributed by atoms with Crippen molar-refractivity contribution in [2.45, 2.75) is 24.0 Å². The Labute approximate surface area is 133 Å². The molecule has 0 saturated carbocycles. The van der Waals surface area contributed by atoms with Gasteiger partial charge in [-0.25, -0.2) is 0 Å². The predicted molar refractivity (Wildman–Crippen MR) is 75.9 cm³/mol. The van der Waals surface area contributed by atoms with Crippen molar-refractivity contribution in [3.63, 3.8) is 0 Å². The molecule has 3 heterocycles. The smallest absolute Gasteiger partial charge is 0.250 e. The van der Waals surface area contributed by atoms with Crippen LogP contribution >= 0.6 is 7.60 Å². The average Bonchev–Trinajstić information content (AvgIpc) is 2.89. The summed E-state index contributed by atoms with van der Waals surface area (Å²) in [6.07, 6.45) is 0.653. The van der Waals surface area contributed by atoms with Crippen molar-refractivity contribution < 1.29 is 33.0 Å². The Bertz CT molecular complexity index is 603. The normalized spacial score (nSPS) is 38.7. The van der Waals surface area contributed by atoms with Gasteiger partial charge < -0.3 is 38.4 Å². The van der Waals surface area contributed by atoms with E-state index in [2.05, 4.69) is 11.9 Å². The van der Waals surface area contributed by atoms with Gasteiger partial charge in [-0.15, -0.1) is 0 Å². The van der Waals surface area contributed by atoms with Gasteiger partial charge in [0.15, 0.2) is 6.23 Å². The van der Waals surface area contributed by atoms with Crippen LogP contribution in [0.2, 0.25) is 0 Å². The summed E-state index contributed by atoms with van der Waals surface area (Å²) in [4.78, 5) is 24.5. The van der Waals surface area contributed by atoms with Gasteiger partial charge in [0.2, 0.25) is 0 Å². The molecule has 0 aliphatic carbocycles. The minimum atomic E-state index is -4.00. The standard InChI is InChI=1S/C13H19N2O7P/c1-8-14-9(16)4-5-15(8)12-10-11(22-23(3,17)18)13(21-12,6-19-2)7-20-10/h4-5,10-12H,1,6-7H2,2-3H3,(H,14,16)(H,17,18)/p-1/t10?,11-,12-,13+/m1/s1. The monoisotopic (exact) mass is 345 g/mol. The van der Waals surface area contributed by atoms with E-state index in [1.165, 1.54) is 19.4 Å². The molecule has 0 spiro atoms. The number of fused-ring (bicyclic) bond motifs is 2. The van der Waals surface area contributed by atoms with Crippen LogP contribution in [0.4, 0.5) is 0 Å². The van der Waals surface area contributed by atoms with E-state index in [9.17, 15) is 14.3 Å².